The van der Waals surface area contributed by atoms with Crippen molar-refractivity contribution in [2.45, 2.75) is 32.2 Å². The van der Waals surface area contributed by atoms with E-state index in [1.165, 1.54) is 31.7 Å². The van der Waals surface area contributed by atoms with Crippen LogP contribution in [0.25, 0.3) is 0 Å². The number of hydrogen-bond donors (Lipinski definition) is 1. The van der Waals surface area contributed by atoms with Crippen molar-refractivity contribution < 1.29 is 9.53 Å². The first-order valence-corrected chi connectivity index (χ1v) is 7.95. The van der Waals surface area contributed by atoms with Crippen molar-refractivity contribution in [2.24, 2.45) is 5.92 Å². The Morgan fingerprint density at radius 3 is 2.61 bits per heavy atom. The molecule has 0 amide bonds. The Morgan fingerprint density at radius 2 is 2.00 bits per heavy atom. The van der Waals surface area contributed by atoms with Crippen molar-refractivity contribution >= 4 is 30.8 Å². The molecule has 6 heteroatoms. The molecule has 2 aliphatic rings. The lowest BCUT2D eigenvalue weighted by Crippen LogP contribution is -2.45. The van der Waals surface area contributed by atoms with Gasteiger partial charge in [0.25, 0.3) is 0 Å². The van der Waals surface area contributed by atoms with Gasteiger partial charge in [-0.05, 0) is 30.0 Å². The van der Waals surface area contributed by atoms with Crippen LogP contribution in [0.4, 0.5) is 0 Å². The van der Waals surface area contributed by atoms with Gasteiger partial charge in [0.05, 0.1) is 0 Å². The average molecular weight is 361 g/mol. The first-order chi connectivity index (χ1) is 10.2. The second-order valence-electron chi connectivity index (χ2n) is 6.15. The first-order valence-electron chi connectivity index (χ1n) is 7.95. The molecular formula is C17H26Cl2N2O2. The summed E-state index contributed by atoms with van der Waals surface area (Å²) in [4.78, 5) is 13.7. The molecule has 1 saturated heterocycles. The highest BCUT2D eigenvalue weighted by Crippen LogP contribution is 2.40. The van der Waals surface area contributed by atoms with Gasteiger partial charge in [-0.15, -0.1) is 24.8 Å². The van der Waals surface area contributed by atoms with E-state index in [9.17, 15) is 4.79 Å². The molecule has 1 aliphatic heterocycles. The maximum Gasteiger partial charge on any atom is 0.308 e. The number of nitrogens with zero attached hydrogens (tertiary/aromatic N) is 1. The van der Waals surface area contributed by atoms with Crippen LogP contribution >= 0.6 is 24.8 Å². The maximum absolute atomic E-state index is 11.1. The van der Waals surface area contributed by atoms with Gasteiger partial charge in [0.1, 0.15) is 5.75 Å². The van der Waals surface area contributed by atoms with Crippen LogP contribution in [-0.2, 0) is 4.79 Å². The quantitative estimate of drug-likeness (QED) is 0.646. The average Bonchev–Trinajstić information content (AvgIpc) is 3.29. The van der Waals surface area contributed by atoms with Crippen LogP contribution in [0, 0.1) is 5.92 Å². The normalized spacial score (nSPS) is 19.2. The molecule has 3 rings (SSSR count). The fraction of sp³-hybridized carbons (Fsp3) is 0.588. The highest BCUT2D eigenvalue weighted by molar-refractivity contribution is 5.85. The monoisotopic (exact) mass is 360 g/mol. The van der Waals surface area contributed by atoms with Crippen LogP contribution < -0.4 is 10.1 Å². The zero-order valence-corrected chi connectivity index (χ0v) is 15.1. The van der Waals surface area contributed by atoms with Crippen LogP contribution in [0.2, 0.25) is 0 Å². The summed E-state index contributed by atoms with van der Waals surface area (Å²) in [6.07, 6.45) is 3.96. The molecule has 0 bridgehead atoms. The van der Waals surface area contributed by atoms with Crippen LogP contribution in [0.3, 0.4) is 0 Å². The molecule has 1 aromatic carbocycles. The predicted molar refractivity (Wildman–Crippen MR) is 96.8 cm³/mol. The van der Waals surface area contributed by atoms with E-state index in [1.807, 2.05) is 18.2 Å². The van der Waals surface area contributed by atoms with Gasteiger partial charge in [0, 0.05) is 39.1 Å². The fourth-order valence-electron chi connectivity index (χ4n) is 3.11. The number of hydrogen-bond acceptors (Lipinski definition) is 4. The molecule has 0 spiro atoms. The molecule has 1 N–H and O–H groups in total. The summed E-state index contributed by atoms with van der Waals surface area (Å²) in [5.41, 5.74) is 1.28. The molecule has 130 valence electrons. The lowest BCUT2D eigenvalue weighted by Gasteiger charge is -2.35. The molecule has 23 heavy (non-hydrogen) atoms. The number of carbonyl (C=O) groups is 1. The molecule has 1 aromatic rings. The van der Waals surface area contributed by atoms with Crippen LogP contribution in [0.15, 0.2) is 24.3 Å². The lowest BCUT2D eigenvalue weighted by atomic mass is 9.98. The molecule has 1 saturated carbocycles. The Labute approximate surface area is 150 Å². The van der Waals surface area contributed by atoms with Crippen molar-refractivity contribution in [1.82, 2.24) is 10.2 Å². The Kier molecular flexibility index (Phi) is 8.34. The number of esters is 1. The van der Waals surface area contributed by atoms with E-state index in [4.69, 9.17) is 4.74 Å². The van der Waals surface area contributed by atoms with Crippen LogP contribution in [0.5, 0.6) is 5.75 Å². The minimum Gasteiger partial charge on any atom is -0.427 e. The van der Waals surface area contributed by atoms with Gasteiger partial charge in [-0.3, -0.25) is 9.69 Å². The largest absolute Gasteiger partial charge is 0.427 e. The zero-order valence-electron chi connectivity index (χ0n) is 13.5. The summed E-state index contributed by atoms with van der Waals surface area (Å²) in [5.74, 6) is 1.28. The molecule has 2 fully saturated rings. The SMILES string of the molecule is CC(=O)Oc1cccc([C@@H](CC2CC2)N2CCNCC2)c1.Cl.Cl. The van der Waals surface area contributed by atoms with Crippen molar-refractivity contribution in [3.05, 3.63) is 29.8 Å². The molecule has 0 unspecified atom stereocenters. The van der Waals surface area contributed by atoms with Gasteiger partial charge < -0.3 is 10.1 Å². The van der Waals surface area contributed by atoms with Gasteiger partial charge in [0.15, 0.2) is 0 Å². The van der Waals surface area contributed by atoms with Crippen molar-refractivity contribution in [1.29, 1.82) is 0 Å². The second-order valence-corrected chi connectivity index (χ2v) is 6.15. The van der Waals surface area contributed by atoms with Gasteiger partial charge in [-0.1, -0.05) is 25.0 Å². The van der Waals surface area contributed by atoms with Crippen molar-refractivity contribution in [2.75, 3.05) is 26.2 Å². The van der Waals surface area contributed by atoms with Gasteiger partial charge in [0.2, 0.25) is 0 Å². The zero-order chi connectivity index (χ0) is 14.7. The minimum atomic E-state index is -0.256. The van der Waals surface area contributed by atoms with E-state index >= 15 is 0 Å². The summed E-state index contributed by atoms with van der Waals surface area (Å²) in [7, 11) is 0. The molecule has 1 aliphatic carbocycles. The summed E-state index contributed by atoms with van der Waals surface area (Å²) in [6.45, 7) is 5.75. The summed E-state index contributed by atoms with van der Waals surface area (Å²) in [5, 5.41) is 3.42. The Balaban J connectivity index is 0.00000132. The van der Waals surface area contributed by atoms with E-state index in [0.29, 0.717) is 11.8 Å². The van der Waals surface area contributed by atoms with Crippen molar-refractivity contribution in [3.8, 4) is 5.75 Å². The number of carbonyl (C=O) groups excluding carboxylic acids is 1. The van der Waals surface area contributed by atoms with Crippen molar-refractivity contribution in [3.63, 3.8) is 0 Å². The van der Waals surface area contributed by atoms with Gasteiger partial charge >= 0.3 is 5.97 Å². The van der Waals surface area contributed by atoms with E-state index < -0.39 is 0 Å². The number of nitrogens with one attached hydrogen (secondary N) is 1. The maximum atomic E-state index is 11.1. The summed E-state index contributed by atoms with van der Waals surface area (Å²) in [6, 6.07) is 8.51. The highest BCUT2D eigenvalue weighted by Gasteiger charge is 2.30. The Morgan fingerprint density at radius 1 is 1.30 bits per heavy atom. The van der Waals surface area contributed by atoms with Gasteiger partial charge in [-0.25, -0.2) is 0 Å². The smallest absolute Gasteiger partial charge is 0.308 e. The van der Waals surface area contributed by atoms with E-state index in [2.05, 4.69) is 16.3 Å². The second kappa shape index (κ2) is 9.48. The number of halogens is 2. The number of rotatable bonds is 5. The van der Waals surface area contributed by atoms with E-state index in [0.717, 1.165) is 32.1 Å². The highest BCUT2D eigenvalue weighted by atomic mass is 35.5. The molecule has 4 nitrogen and oxygen atoms in total. The Hall–Kier alpha value is -0.810. The number of benzene rings is 1. The lowest BCUT2D eigenvalue weighted by molar-refractivity contribution is -0.131. The standard InChI is InChI=1S/C17H24N2O2.2ClH/c1-13(20)21-16-4-2-3-15(12-16)17(11-14-5-6-14)19-9-7-18-8-10-19;;/h2-4,12,14,17-18H,5-11H2,1H3;2*1H/t17-;;/m1../s1. The molecule has 1 atom stereocenters. The number of piperazine rings is 1. The van der Waals surface area contributed by atoms with Crippen LogP contribution in [0.1, 0.15) is 37.8 Å². The third kappa shape index (κ3) is 5.96. The summed E-state index contributed by atoms with van der Waals surface area (Å²) >= 11 is 0. The molecular weight excluding hydrogens is 335 g/mol. The fourth-order valence-corrected chi connectivity index (χ4v) is 3.11. The summed E-state index contributed by atoms with van der Waals surface area (Å²) < 4.78 is 5.24. The number of ether oxygens (including phenoxy) is 1. The van der Waals surface area contributed by atoms with E-state index in [1.54, 1.807) is 0 Å². The third-order valence-corrected chi connectivity index (χ3v) is 4.35. The minimum absolute atomic E-state index is 0. The van der Waals surface area contributed by atoms with E-state index in [-0.39, 0.29) is 30.8 Å². The Bertz CT molecular complexity index is 503. The molecule has 0 radical (unpaired) electrons. The molecule has 0 aromatic heterocycles. The van der Waals surface area contributed by atoms with Crippen LogP contribution in [-0.4, -0.2) is 37.0 Å². The molecule has 1 heterocycles. The topological polar surface area (TPSA) is 41.6 Å². The third-order valence-electron chi connectivity index (χ3n) is 4.35. The van der Waals surface area contributed by atoms with Gasteiger partial charge in [-0.2, -0.15) is 0 Å². The predicted octanol–water partition coefficient (Wildman–Crippen LogP) is 3.20. The first kappa shape index (κ1) is 20.2.